The number of rotatable bonds is 5. The third-order valence-corrected chi connectivity index (χ3v) is 3.44. The van der Waals surface area contributed by atoms with E-state index in [-0.39, 0.29) is 18.1 Å². The van der Waals surface area contributed by atoms with Crippen LogP contribution in [0.3, 0.4) is 0 Å². The van der Waals surface area contributed by atoms with Crippen LogP contribution in [0.15, 0.2) is 23.8 Å². The van der Waals surface area contributed by atoms with E-state index in [4.69, 9.17) is 19.5 Å². The number of ether oxygens (including phenoxy) is 3. The van der Waals surface area contributed by atoms with Gasteiger partial charge in [0.05, 0.1) is 20.3 Å². The average molecular weight is 327 g/mol. The van der Waals surface area contributed by atoms with Crippen molar-refractivity contribution in [3.63, 3.8) is 0 Å². The van der Waals surface area contributed by atoms with Crippen molar-refractivity contribution in [1.82, 2.24) is 4.90 Å². The van der Waals surface area contributed by atoms with Gasteiger partial charge in [-0.1, -0.05) is 6.07 Å². The molecular formula is C17H17N3O4. The minimum absolute atomic E-state index is 0.0460. The van der Waals surface area contributed by atoms with Gasteiger partial charge in [0.25, 0.3) is 5.91 Å². The first-order chi connectivity index (χ1) is 11.7. The van der Waals surface area contributed by atoms with Crippen LogP contribution in [-0.4, -0.2) is 50.8 Å². The van der Waals surface area contributed by atoms with Crippen LogP contribution in [0, 0.1) is 22.7 Å². The number of amides is 1. The van der Waals surface area contributed by atoms with Crippen molar-refractivity contribution in [1.29, 1.82) is 10.5 Å². The molecule has 1 aliphatic rings. The maximum Gasteiger partial charge on any atom is 0.264 e. The highest BCUT2D eigenvalue weighted by molar-refractivity contribution is 6.01. The summed E-state index contributed by atoms with van der Waals surface area (Å²) in [6, 6.07) is 8.81. The molecule has 7 nitrogen and oxygen atoms in total. The zero-order valence-corrected chi connectivity index (χ0v) is 13.3. The molecular weight excluding hydrogens is 310 g/mol. The molecule has 124 valence electrons. The van der Waals surface area contributed by atoms with Gasteiger partial charge in [-0.25, -0.2) is 0 Å². The number of morpholine rings is 1. The molecule has 0 unspecified atom stereocenters. The molecule has 7 heteroatoms. The third-order valence-electron chi connectivity index (χ3n) is 3.44. The van der Waals surface area contributed by atoms with Crippen molar-refractivity contribution in [2.75, 3.05) is 40.0 Å². The lowest BCUT2D eigenvalue weighted by molar-refractivity contribution is -0.130. The topological polar surface area (TPSA) is 95.6 Å². The first kappa shape index (κ1) is 17.3. The van der Waals surface area contributed by atoms with Gasteiger partial charge in [0.15, 0.2) is 18.1 Å². The lowest BCUT2D eigenvalue weighted by atomic mass is 10.1. The van der Waals surface area contributed by atoms with E-state index in [0.29, 0.717) is 43.4 Å². The summed E-state index contributed by atoms with van der Waals surface area (Å²) in [4.78, 5) is 14.0. The lowest BCUT2D eigenvalue weighted by Crippen LogP contribution is -2.41. The van der Waals surface area contributed by atoms with Gasteiger partial charge in [0.2, 0.25) is 0 Å². The molecule has 24 heavy (non-hydrogen) atoms. The summed E-state index contributed by atoms with van der Waals surface area (Å²) >= 11 is 0. The Bertz CT molecular complexity index is 710. The standard InChI is InChI=1S/C17H17N3O4/c1-22-16-11-13(2-3-15(16)24-7-4-18)10-14(12-19)17(21)20-5-8-23-9-6-20/h2-3,10-11H,5-9H2,1H3. The summed E-state index contributed by atoms with van der Waals surface area (Å²) in [5.41, 5.74) is 0.680. The van der Waals surface area contributed by atoms with Crippen molar-refractivity contribution < 1.29 is 19.0 Å². The Morgan fingerprint density at radius 2 is 2.08 bits per heavy atom. The van der Waals surface area contributed by atoms with Gasteiger partial charge in [-0.2, -0.15) is 10.5 Å². The fourth-order valence-electron chi connectivity index (χ4n) is 2.25. The molecule has 0 aromatic heterocycles. The molecule has 1 amide bonds. The number of nitrogens with zero attached hydrogens (tertiary/aromatic N) is 3. The maximum atomic E-state index is 12.4. The summed E-state index contributed by atoms with van der Waals surface area (Å²) in [6.45, 7) is 1.81. The number of hydrogen-bond donors (Lipinski definition) is 0. The average Bonchev–Trinajstić information content (AvgIpc) is 2.64. The Kier molecular flexibility index (Phi) is 6.18. The molecule has 0 radical (unpaired) electrons. The highest BCUT2D eigenvalue weighted by Gasteiger charge is 2.20. The summed E-state index contributed by atoms with van der Waals surface area (Å²) < 4.78 is 15.7. The SMILES string of the molecule is COc1cc(C=C(C#N)C(=O)N2CCOCC2)ccc1OCC#N. The van der Waals surface area contributed by atoms with Crippen LogP contribution in [0.1, 0.15) is 5.56 Å². The van der Waals surface area contributed by atoms with E-state index in [2.05, 4.69) is 0 Å². The molecule has 0 atom stereocenters. The van der Waals surface area contributed by atoms with Crippen LogP contribution in [0.5, 0.6) is 11.5 Å². The number of carbonyl (C=O) groups excluding carboxylic acids is 1. The van der Waals surface area contributed by atoms with Crippen molar-refractivity contribution >= 4 is 12.0 Å². The largest absolute Gasteiger partial charge is 0.493 e. The number of carbonyl (C=O) groups is 1. The van der Waals surface area contributed by atoms with Gasteiger partial charge in [0, 0.05) is 13.1 Å². The van der Waals surface area contributed by atoms with E-state index in [0.717, 1.165) is 0 Å². The van der Waals surface area contributed by atoms with Crippen LogP contribution in [0.25, 0.3) is 6.08 Å². The Hall–Kier alpha value is -3.03. The predicted octanol–water partition coefficient (Wildman–Crippen LogP) is 1.36. The number of hydrogen-bond acceptors (Lipinski definition) is 6. The minimum Gasteiger partial charge on any atom is -0.493 e. The zero-order valence-electron chi connectivity index (χ0n) is 13.3. The van der Waals surface area contributed by atoms with E-state index < -0.39 is 0 Å². The predicted molar refractivity (Wildman–Crippen MR) is 85.1 cm³/mol. The Morgan fingerprint density at radius 3 is 2.71 bits per heavy atom. The Labute approximate surface area is 140 Å². The smallest absolute Gasteiger partial charge is 0.264 e. The quantitative estimate of drug-likeness (QED) is 0.598. The number of benzene rings is 1. The molecule has 1 aromatic carbocycles. The van der Waals surface area contributed by atoms with E-state index in [1.807, 2.05) is 12.1 Å². The molecule has 1 aliphatic heterocycles. The van der Waals surface area contributed by atoms with Crippen LogP contribution in [0.4, 0.5) is 0 Å². The van der Waals surface area contributed by atoms with E-state index in [1.165, 1.54) is 13.2 Å². The fourth-order valence-corrected chi connectivity index (χ4v) is 2.25. The number of methoxy groups -OCH3 is 1. The maximum absolute atomic E-state index is 12.4. The monoisotopic (exact) mass is 327 g/mol. The van der Waals surface area contributed by atoms with Gasteiger partial charge >= 0.3 is 0 Å². The van der Waals surface area contributed by atoms with Gasteiger partial charge < -0.3 is 19.1 Å². The molecule has 0 spiro atoms. The molecule has 0 aliphatic carbocycles. The van der Waals surface area contributed by atoms with Gasteiger partial charge in [-0.05, 0) is 23.8 Å². The van der Waals surface area contributed by atoms with E-state index >= 15 is 0 Å². The Morgan fingerprint density at radius 1 is 1.33 bits per heavy atom. The van der Waals surface area contributed by atoms with Crippen molar-refractivity contribution in [2.24, 2.45) is 0 Å². The molecule has 1 fully saturated rings. The molecule has 0 N–H and O–H groups in total. The summed E-state index contributed by atoms with van der Waals surface area (Å²) in [7, 11) is 1.48. The molecule has 1 saturated heterocycles. The van der Waals surface area contributed by atoms with Crippen molar-refractivity contribution in [3.05, 3.63) is 29.3 Å². The van der Waals surface area contributed by atoms with Crippen molar-refractivity contribution in [2.45, 2.75) is 0 Å². The molecule has 1 aromatic rings. The lowest BCUT2D eigenvalue weighted by Gasteiger charge is -2.26. The van der Waals surface area contributed by atoms with Crippen LogP contribution < -0.4 is 9.47 Å². The van der Waals surface area contributed by atoms with Crippen LogP contribution in [0.2, 0.25) is 0 Å². The minimum atomic E-state index is -0.315. The van der Waals surface area contributed by atoms with Crippen LogP contribution >= 0.6 is 0 Å². The summed E-state index contributed by atoms with van der Waals surface area (Å²) in [5, 5.41) is 17.9. The first-order valence-corrected chi connectivity index (χ1v) is 7.36. The summed E-state index contributed by atoms with van der Waals surface area (Å²) in [5.74, 6) is 0.536. The molecule has 2 rings (SSSR count). The second-order valence-corrected chi connectivity index (χ2v) is 4.93. The second-order valence-electron chi connectivity index (χ2n) is 4.93. The second kappa shape index (κ2) is 8.56. The molecule has 0 bridgehead atoms. The zero-order chi connectivity index (χ0) is 17.4. The fraction of sp³-hybridized carbons (Fsp3) is 0.353. The van der Waals surface area contributed by atoms with E-state index in [9.17, 15) is 10.1 Å². The highest BCUT2D eigenvalue weighted by Crippen LogP contribution is 2.29. The third kappa shape index (κ3) is 4.25. The van der Waals surface area contributed by atoms with Crippen molar-refractivity contribution in [3.8, 4) is 23.6 Å². The van der Waals surface area contributed by atoms with Gasteiger partial charge in [-0.15, -0.1) is 0 Å². The van der Waals surface area contributed by atoms with E-state index in [1.54, 1.807) is 23.1 Å². The highest BCUT2D eigenvalue weighted by atomic mass is 16.5. The molecule has 0 saturated carbocycles. The normalized spacial score (nSPS) is 14.5. The summed E-state index contributed by atoms with van der Waals surface area (Å²) in [6.07, 6.45) is 1.51. The van der Waals surface area contributed by atoms with Gasteiger partial charge in [0.1, 0.15) is 17.7 Å². The number of nitriles is 2. The Balaban J connectivity index is 2.22. The van der Waals surface area contributed by atoms with Gasteiger partial charge in [-0.3, -0.25) is 4.79 Å². The van der Waals surface area contributed by atoms with Crippen LogP contribution in [-0.2, 0) is 9.53 Å². The first-order valence-electron chi connectivity index (χ1n) is 7.36. The molecule has 1 heterocycles.